The summed E-state index contributed by atoms with van der Waals surface area (Å²) >= 11 is 1.39. The van der Waals surface area contributed by atoms with Gasteiger partial charge < -0.3 is 10.4 Å². The average Bonchev–Trinajstić information content (AvgIpc) is 2.07. The van der Waals surface area contributed by atoms with Gasteiger partial charge >= 0.3 is 5.70 Å². The molecule has 5 nitrogen and oxygen atoms in total. The SMILES string of the molecule is O=[N+]([O-])/C(CO)=C1/NCCCS1. The summed E-state index contributed by atoms with van der Waals surface area (Å²) in [6.07, 6.45) is 1.00. The lowest BCUT2D eigenvalue weighted by atomic mass is 10.4. The fourth-order valence-corrected chi connectivity index (χ4v) is 1.90. The summed E-state index contributed by atoms with van der Waals surface area (Å²) < 4.78 is 0. The van der Waals surface area contributed by atoms with Gasteiger partial charge in [-0.25, -0.2) is 0 Å². The van der Waals surface area contributed by atoms with Gasteiger partial charge in [-0.05, 0) is 6.42 Å². The van der Waals surface area contributed by atoms with E-state index in [1.54, 1.807) is 0 Å². The Morgan fingerprint density at radius 2 is 2.58 bits per heavy atom. The summed E-state index contributed by atoms with van der Waals surface area (Å²) in [6.45, 7) is 0.238. The quantitative estimate of drug-likeness (QED) is 0.479. The maximum atomic E-state index is 10.4. The van der Waals surface area contributed by atoms with E-state index in [1.807, 2.05) is 0 Å². The summed E-state index contributed by atoms with van der Waals surface area (Å²) in [5.74, 6) is 0.875. The number of hydrogen-bond acceptors (Lipinski definition) is 5. The lowest BCUT2D eigenvalue weighted by molar-refractivity contribution is -0.430. The summed E-state index contributed by atoms with van der Waals surface area (Å²) in [6, 6.07) is 0. The van der Waals surface area contributed by atoms with Crippen LogP contribution >= 0.6 is 11.8 Å². The van der Waals surface area contributed by atoms with Crippen molar-refractivity contribution < 1.29 is 10.0 Å². The fraction of sp³-hybridized carbons (Fsp3) is 0.667. The van der Waals surface area contributed by atoms with Crippen LogP contribution in [0.25, 0.3) is 0 Å². The second-order valence-corrected chi connectivity index (χ2v) is 3.43. The van der Waals surface area contributed by atoms with Crippen molar-refractivity contribution in [2.45, 2.75) is 6.42 Å². The molecule has 1 saturated heterocycles. The van der Waals surface area contributed by atoms with Gasteiger partial charge in [-0.3, -0.25) is 10.1 Å². The number of hydrogen-bond donors (Lipinski definition) is 2. The maximum Gasteiger partial charge on any atom is 0.300 e. The largest absolute Gasteiger partial charge is 0.385 e. The molecule has 1 heterocycles. The molecule has 1 rings (SSSR count). The Morgan fingerprint density at radius 3 is 3.00 bits per heavy atom. The number of thioether (sulfide) groups is 1. The number of nitro groups is 1. The Labute approximate surface area is 74.0 Å². The minimum atomic E-state index is -0.541. The van der Waals surface area contributed by atoms with Crippen LogP contribution in [0.3, 0.4) is 0 Å². The van der Waals surface area contributed by atoms with E-state index in [9.17, 15) is 10.1 Å². The Morgan fingerprint density at radius 1 is 1.83 bits per heavy atom. The number of nitrogens with one attached hydrogen (secondary N) is 1. The van der Waals surface area contributed by atoms with Gasteiger partial charge in [-0.2, -0.15) is 0 Å². The lowest BCUT2D eigenvalue weighted by Gasteiger charge is -2.15. The minimum Gasteiger partial charge on any atom is -0.385 e. The highest BCUT2D eigenvalue weighted by molar-refractivity contribution is 8.03. The number of nitrogens with zero attached hydrogens (tertiary/aromatic N) is 1. The zero-order chi connectivity index (χ0) is 8.97. The third kappa shape index (κ3) is 2.12. The molecule has 12 heavy (non-hydrogen) atoms. The van der Waals surface area contributed by atoms with Gasteiger partial charge in [0.25, 0.3) is 0 Å². The first-order valence-electron chi connectivity index (χ1n) is 3.60. The van der Waals surface area contributed by atoms with Crippen molar-refractivity contribution in [1.82, 2.24) is 5.32 Å². The molecule has 0 unspecified atom stereocenters. The van der Waals surface area contributed by atoms with Crippen LogP contribution in [-0.2, 0) is 0 Å². The second-order valence-electron chi connectivity index (χ2n) is 2.32. The van der Waals surface area contributed by atoms with Crippen LogP contribution in [0, 0.1) is 10.1 Å². The van der Waals surface area contributed by atoms with Crippen molar-refractivity contribution in [3.05, 3.63) is 20.8 Å². The molecule has 0 aromatic carbocycles. The van der Waals surface area contributed by atoms with Crippen LogP contribution in [0.2, 0.25) is 0 Å². The predicted molar refractivity (Wildman–Crippen MR) is 46.2 cm³/mol. The molecule has 0 amide bonds. The Balaban J connectivity index is 2.75. The van der Waals surface area contributed by atoms with E-state index < -0.39 is 11.5 Å². The molecule has 1 fully saturated rings. The summed E-state index contributed by atoms with van der Waals surface area (Å²) in [5.41, 5.74) is -0.125. The summed E-state index contributed by atoms with van der Waals surface area (Å²) in [7, 11) is 0. The molecule has 0 atom stereocenters. The van der Waals surface area contributed by atoms with Crippen LogP contribution in [0.5, 0.6) is 0 Å². The molecule has 0 aromatic rings. The van der Waals surface area contributed by atoms with Crippen LogP contribution in [-0.4, -0.2) is 28.9 Å². The van der Waals surface area contributed by atoms with Gasteiger partial charge in [0, 0.05) is 12.3 Å². The van der Waals surface area contributed by atoms with Crippen LogP contribution in [0.1, 0.15) is 6.42 Å². The van der Waals surface area contributed by atoms with Crippen LogP contribution in [0.4, 0.5) is 0 Å². The van der Waals surface area contributed by atoms with Gasteiger partial charge in [0.1, 0.15) is 11.6 Å². The maximum absolute atomic E-state index is 10.4. The van der Waals surface area contributed by atoms with E-state index in [1.165, 1.54) is 11.8 Å². The number of aliphatic hydroxyl groups is 1. The highest BCUT2D eigenvalue weighted by Gasteiger charge is 2.19. The zero-order valence-corrected chi connectivity index (χ0v) is 7.26. The molecule has 0 spiro atoms. The first kappa shape index (κ1) is 9.34. The van der Waals surface area contributed by atoms with E-state index in [2.05, 4.69) is 5.32 Å². The van der Waals surface area contributed by atoms with E-state index >= 15 is 0 Å². The molecule has 0 saturated carbocycles. The standard InChI is InChI=1S/C6H10N2O3S/c9-4-5(8(10)11)6-7-2-1-3-12-6/h7,9H,1-4H2/b6-5-. The van der Waals surface area contributed by atoms with Crippen molar-refractivity contribution in [1.29, 1.82) is 0 Å². The summed E-state index contributed by atoms with van der Waals surface area (Å²) in [5, 5.41) is 22.5. The van der Waals surface area contributed by atoms with E-state index in [4.69, 9.17) is 5.11 Å². The fourth-order valence-electron chi connectivity index (χ4n) is 0.897. The van der Waals surface area contributed by atoms with Crippen molar-refractivity contribution in [3.63, 3.8) is 0 Å². The molecular formula is C6H10N2O3S. The highest BCUT2D eigenvalue weighted by Crippen LogP contribution is 2.21. The molecule has 0 aromatic heterocycles. The third-order valence-electron chi connectivity index (χ3n) is 1.49. The smallest absolute Gasteiger partial charge is 0.300 e. The van der Waals surface area contributed by atoms with Crippen molar-refractivity contribution in [2.24, 2.45) is 0 Å². The Hall–Kier alpha value is -0.750. The zero-order valence-electron chi connectivity index (χ0n) is 6.45. The molecule has 6 heteroatoms. The van der Waals surface area contributed by atoms with E-state index in [-0.39, 0.29) is 5.70 Å². The van der Waals surface area contributed by atoms with Gasteiger partial charge in [-0.15, -0.1) is 11.8 Å². The molecule has 68 valence electrons. The summed E-state index contributed by atoms with van der Waals surface area (Å²) in [4.78, 5) is 9.82. The highest BCUT2D eigenvalue weighted by atomic mass is 32.2. The molecule has 1 aliphatic rings. The van der Waals surface area contributed by atoms with E-state index in [0.29, 0.717) is 5.03 Å². The van der Waals surface area contributed by atoms with E-state index in [0.717, 1.165) is 18.7 Å². The van der Waals surface area contributed by atoms with Crippen LogP contribution in [0.15, 0.2) is 10.7 Å². The number of aliphatic hydroxyl groups excluding tert-OH is 1. The molecule has 1 aliphatic heterocycles. The second kappa shape index (κ2) is 4.32. The molecule has 0 bridgehead atoms. The van der Waals surface area contributed by atoms with Gasteiger partial charge in [0.05, 0.1) is 4.92 Å². The van der Waals surface area contributed by atoms with Gasteiger partial charge in [-0.1, -0.05) is 0 Å². The third-order valence-corrected chi connectivity index (χ3v) is 2.65. The first-order chi connectivity index (χ1) is 5.75. The van der Waals surface area contributed by atoms with Crippen molar-refractivity contribution in [3.8, 4) is 0 Å². The topological polar surface area (TPSA) is 75.4 Å². The average molecular weight is 190 g/mol. The number of rotatable bonds is 2. The first-order valence-corrected chi connectivity index (χ1v) is 4.59. The Bertz CT molecular complexity index is 209. The lowest BCUT2D eigenvalue weighted by Crippen LogP contribution is -2.23. The molecule has 0 aliphatic carbocycles. The van der Waals surface area contributed by atoms with Crippen LogP contribution < -0.4 is 5.32 Å². The van der Waals surface area contributed by atoms with Gasteiger partial charge in [0.2, 0.25) is 0 Å². The van der Waals surface area contributed by atoms with Crippen molar-refractivity contribution >= 4 is 11.8 Å². The molecule has 0 radical (unpaired) electrons. The van der Waals surface area contributed by atoms with Crippen molar-refractivity contribution in [2.75, 3.05) is 18.9 Å². The molecule has 2 N–H and O–H groups in total. The van der Waals surface area contributed by atoms with Gasteiger partial charge in [0.15, 0.2) is 0 Å². The minimum absolute atomic E-state index is 0.125. The predicted octanol–water partition coefficient (Wildman–Crippen LogP) is 0.151. The normalized spacial score (nSPS) is 21.4. The Kier molecular flexibility index (Phi) is 3.36. The monoisotopic (exact) mass is 190 g/mol. The molecular weight excluding hydrogens is 180 g/mol.